The predicted octanol–water partition coefficient (Wildman–Crippen LogP) is 1.89. The molecule has 3 rings (SSSR count). The minimum atomic E-state index is -0.637. The number of aryl methyl sites for hydroxylation is 1. The van der Waals surface area contributed by atoms with Crippen molar-refractivity contribution < 1.29 is 9.59 Å². The normalized spacial score (nSPS) is 18.0. The molecule has 0 bridgehead atoms. The quantitative estimate of drug-likeness (QED) is 0.769. The molecule has 2 unspecified atom stereocenters. The Kier molecular flexibility index (Phi) is 6.28. The van der Waals surface area contributed by atoms with E-state index in [0.29, 0.717) is 18.8 Å². The van der Waals surface area contributed by atoms with Crippen molar-refractivity contribution in [2.24, 2.45) is 11.1 Å². The van der Waals surface area contributed by atoms with E-state index in [1.165, 1.54) is 0 Å². The summed E-state index contributed by atoms with van der Waals surface area (Å²) in [4.78, 5) is 41.0. The van der Waals surface area contributed by atoms with Crippen LogP contribution < -0.4 is 11.1 Å². The van der Waals surface area contributed by atoms with Gasteiger partial charge in [0, 0.05) is 24.5 Å². The van der Waals surface area contributed by atoms with Crippen LogP contribution in [0, 0.1) is 12.3 Å². The number of carbonyl (C=O) groups excluding carboxylic acids is 2. The van der Waals surface area contributed by atoms with Gasteiger partial charge in [0.2, 0.25) is 11.8 Å². The standard InChI is InChI=1S/C20H28N6O2S/c1-12-16(29-11-25-12)13-8-22-15(23-9-13)10-24-18(27)14-6-5-7-26(14)19(28)17(21)20(2,3)4/h8-9,11,14,17H,5-7,10,21H2,1-4H3,(H,24,27). The number of hydrogen-bond donors (Lipinski definition) is 2. The molecule has 0 aliphatic carbocycles. The maximum atomic E-state index is 12.8. The van der Waals surface area contributed by atoms with Crippen LogP contribution in [0.1, 0.15) is 45.1 Å². The average Bonchev–Trinajstić information content (AvgIpc) is 3.33. The van der Waals surface area contributed by atoms with Gasteiger partial charge in [-0.05, 0) is 25.2 Å². The van der Waals surface area contributed by atoms with Crippen molar-refractivity contribution in [2.45, 2.75) is 59.2 Å². The lowest BCUT2D eigenvalue weighted by Crippen LogP contribution is -2.54. The molecule has 29 heavy (non-hydrogen) atoms. The Balaban J connectivity index is 1.60. The van der Waals surface area contributed by atoms with Gasteiger partial charge in [0.05, 0.1) is 28.7 Å². The Morgan fingerprint density at radius 1 is 1.31 bits per heavy atom. The Labute approximate surface area is 174 Å². The van der Waals surface area contributed by atoms with Crippen molar-refractivity contribution in [1.29, 1.82) is 0 Å². The predicted molar refractivity (Wildman–Crippen MR) is 112 cm³/mol. The Morgan fingerprint density at radius 3 is 2.59 bits per heavy atom. The lowest BCUT2D eigenvalue weighted by atomic mass is 9.86. The molecule has 1 aliphatic heterocycles. The van der Waals surface area contributed by atoms with E-state index in [1.807, 2.05) is 27.7 Å². The zero-order chi connectivity index (χ0) is 21.2. The Morgan fingerprint density at radius 2 is 2.00 bits per heavy atom. The van der Waals surface area contributed by atoms with Crippen LogP contribution in [0.15, 0.2) is 17.9 Å². The van der Waals surface area contributed by atoms with Crippen molar-refractivity contribution in [3.8, 4) is 10.4 Å². The van der Waals surface area contributed by atoms with Gasteiger partial charge in [-0.2, -0.15) is 0 Å². The summed E-state index contributed by atoms with van der Waals surface area (Å²) in [6.45, 7) is 8.49. The molecule has 3 N–H and O–H groups in total. The topological polar surface area (TPSA) is 114 Å². The van der Waals surface area contributed by atoms with Gasteiger partial charge >= 0.3 is 0 Å². The van der Waals surface area contributed by atoms with Crippen molar-refractivity contribution in [1.82, 2.24) is 25.2 Å². The highest BCUT2D eigenvalue weighted by atomic mass is 32.1. The number of nitrogens with one attached hydrogen (secondary N) is 1. The van der Waals surface area contributed by atoms with Crippen LogP contribution in [0.25, 0.3) is 10.4 Å². The van der Waals surface area contributed by atoms with Gasteiger partial charge in [0.25, 0.3) is 0 Å². The molecule has 156 valence electrons. The second-order valence-corrected chi connectivity index (χ2v) is 9.26. The van der Waals surface area contributed by atoms with Gasteiger partial charge in [-0.3, -0.25) is 9.59 Å². The van der Waals surface area contributed by atoms with Gasteiger partial charge in [-0.15, -0.1) is 11.3 Å². The molecule has 3 heterocycles. The molecule has 9 heteroatoms. The highest BCUT2D eigenvalue weighted by Crippen LogP contribution is 2.26. The first-order chi connectivity index (χ1) is 13.7. The van der Waals surface area contributed by atoms with E-state index in [-0.39, 0.29) is 23.8 Å². The van der Waals surface area contributed by atoms with Gasteiger partial charge in [-0.25, -0.2) is 15.0 Å². The van der Waals surface area contributed by atoms with E-state index in [4.69, 9.17) is 5.73 Å². The number of rotatable bonds is 5. The SMILES string of the molecule is Cc1ncsc1-c1cnc(CNC(=O)C2CCCN2C(=O)C(N)C(C)(C)C)nc1. The Hall–Kier alpha value is -2.39. The zero-order valence-electron chi connectivity index (χ0n) is 17.3. The number of thiazole rings is 1. The van der Waals surface area contributed by atoms with Crippen molar-refractivity contribution in [3.63, 3.8) is 0 Å². The van der Waals surface area contributed by atoms with E-state index >= 15 is 0 Å². The molecular weight excluding hydrogens is 388 g/mol. The number of carbonyl (C=O) groups is 2. The largest absolute Gasteiger partial charge is 0.347 e. The van der Waals surface area contributed by atoms with E-state index in [0.717, 1.165) is 22.6 Å². The van der Waals surface area contributed by atoms with Gasteiger partial charge < -0.3 is 16.0 Å². The van der Waals surface area contributed by atoms with Crippen molar-refractivity contribution >= 4 is 23.2 Å². The van der Waals surface area contributed by atoms with Gasteiger partial charge in [-0.1, -0.05) is 20.8 Å². The van der Waals surface area contributed by atoms with Crippen LogP contribution in [-0.2, 0) is 16.1 Å². The fourth-order valence-corrected chi connectivity index (χ4v) is 4.06. The van der Waals surface area contributed by atoms with Crippen LogP contribution in [0.4, 0.5) is 0 Å². The maximum Gasteiger partial charge on any atom is 0.243 e. The van der Waals surface area contributed by atoms with Crippen LogP contribution in [0.2, 0.25) is 0 Å². The maximum absolute atomic E-state index is 12.8. The fraction of sp³-hybridized carbons (Fsp3) is 0.550. The second kappa shape index (κ2) is 8.54. The van der Waals surface area contributed by atoms with E-state index in [2.05, 4.69) is 20.3 Å². The molecule has 2 aromatic heterocycles. The number of nitrogens with two attached hydrogens (primary N) is 1. The molecule has 0 aromatic carbocycles. The van der Waals surface area contributed by atoms with Crippen molar-refractivity contribution in [2.75, 3.05) is 6.54 Å². The molecule has 0 radical (unpaired) electrons. The third kappa shape index (κ3) is 4.79. The lowest BCUT2D eigenvalue weighted by Gasteiger charge is -2.32. The molecule has 1 aliphatic rings. The number of likely N-dealkylation sites (tertiary alicyclic amines) is 1. The molecular formula is C20H28N6O2S. The van der Waals surface area contributed by atoms with Crippen LogP contribution >= 0.6 is 11.3 Å². The monoisotopic (exact) mass is 416 g/mol. The van der Waals surface area contributed by atoms with Crippen LogP contribution in [0.3, 0.4) is 0 Å². The van der Waals surface area contributed by atoms with Crippen LogP contribution in [-0.4, -0.2) is 50.3 Å². The lowest BCUT2D eigenvalue weighted by molar-refractivity contribution is -0.141. The first-order valence-corrected chi connectivity index (χ1v) is 10.6. The van der Waals surface area contributed by atoms with Crippen LogP contribution in [0.5, 0.6) is 0 Å². The summed E-state index contributed by atoms with van der Waals surface area (Å²) in [6.07, 6.45) is 4.91. The minimum Gasteiger partial charge on any atom is -0.347 e. The molecule has 1 fully saturated rings. The number of aromatic nitrogens is 3. The smallest absolute Gasteiger partial charge is 0.243 e. The van der Waals surface area contributed by atoms with E-state index < -0.39 is 12.1 Å². The summed E-state index contributed by atoms with van der Waals surface area (Å²) in [5, 5.41) is 2.86. The molecule has 2 atom stereocenters. The molecule has 2 amide bonds. The average molecular weight is 417 g/mol. The van der Waals surface area contributed by atoms with E-state index in [9.17, 15) is 9.59 Å². The molecule has 2 aromatic rings. The number of hydrogen-bond acceptors (Lipinski definition) is 7. The minimum absolute atomic E-state index is 0.171. The third-order valence-electron chi connectivity index (χ3n) is 5.17. The first-order valence-electron chi connectivity index (χ1n) is 9.73. The second-order valence-electron chi connectivity index (χ2n) is 8.41. The van der Waals surface area contributed by atoms with Gasteiger partial charge in [0.15, 0.2) is 0 Å². The summed E-state index contributed by atoms with van der Waals surface area (Å²) >= 11 is 1.54. The van der Waals surface area contributed by atoms with E-state index in [1.54, 1.807) is 34.1 Å². The third-order valence-corrected chi connectivity index (χ3v) is 6.15. The summed E-state index contributed by atoms with van der Waals surface area (Å²) in [5.74, 6) is 0.158. The summed E-state index contributed by atoms with van der Waals surface area (Å²) in [6, 6.07) is -1.13. The molecule has 0 saturated carbocycles. The fourth-order valence-electron chi connectivity index (χ4n) is 3.28. The Bertz CT molecular complexity index is 874. The summed E-state index contributed by atoms with van der Waals surface area (Å²) < 4.78 is 0. The highest BCUT2D eigenvalue weighted by molar-refractivity contribution is 7.13. The summed E-state index contributed by atoms with van der Waals surface area (Å²) in [7, 11) is 0. The summed E-state index contributed by atoms with van der Waals surface area (Å²) in [5.41, 5.74) is 9.41. The molecule has 0 spiro atoms. The number of nitrogens with zero attached hydrogens (tertiary/aromatic N) is 4. The molecule has 8 nitrogen and oxygen atoms in total. The number of amides is 2. The molecule has 1 saturated heterocycles. The first kappa shape index (κ1) is 21.3. The zero-order valence-corrected chi connectivity index (χ0v) is 18.1. The van der Waals surface area contributed by atoms with Gasteiger partial charge in [0.1, 0.15) is 11.9 Å². The van der Waals surface area contributed by atoms with Crippen molar-refractivity contribution in [3.05, 3.63) is 29.4 Å². The highest BCUT2D eigenvalue weighted by Gasteiger charge is 2.39.